The van der Waals surface area contributed by atoms with Crippen molar-refractivity contribution >= 4 is 5.91 Å². The lowest BCUT2D eigenvalue weighted by Crippen LogP contribution is -2.27. The molecule has 0 heterocycles. The zero-order chi connectivity index (χ0) is 19.8. The molecule has 27 heavy (non-hydrogen) atoms. The van der Waals surface area contributed by atoms with Crippen LogP contribution in [0.2, 0.25) is 0 Å². The highest BCUT2D eigenvalue weighted by molar-refractivity contribution is 5.94. The first kappa shape index (κ1) is 20.6. The summed E-state index contributed by atoms with van der Waals surface area (Å²) in [5, 5.41) is 3.00. The van der Waals surface area contributed by atoms with Crippen LogP contribution in [0.25, 0.3) is 0 Å². The Morgan fingerprint density at radius 3 is 2.33 bits per heavy atom. The molecule has 0 aliphatic rings. The van der Waals surface area contributed by atoms with Gasteiger partial charge < -0.3 is 24.3 Å². The van der Waals surface area contributed by atoms with Crippen LogP contribution < -0.4 is 19.5 Å². The molecule has 2 rings (SSSR count). The average Bonchev–Trinajstić information content (AvgIpc) is 2.71. The minimum atomic E-state index is -0.264. The molecule has 0 unspecified atom stereocenters. The third-order valence-corrected chi connectivity index (χ3v) is 4.26. The van der Waals surface area contributed by atoms with Crippen molar-refractivity contribution in [2.75, 3.05) is 27.9 Å². The maximum absolute atomic E-state index is 12.7. The van der Waals surface area contributed by atoms with Crippen LogP contribution in [0.5, 0.6) is 17.2 Å². The van der Waals surface area contributed by atoms with E-state index >= 15 is 0 Å². The first-order valence-corrected chi connectivity index (χ1v) is 8.81. The lowest BCUT2D eigenvalue weighted by molar-refractivity contribution is 0.0938. The standard InChI is InChI=1S/C21H27NO5/c1-6-27-13-16-11-15(7-9-19(16)25-4)21(23)22-14(2)18-12-17(24-3)8-10-20(18)26-5/h7-12,14H,6,13H2,1-5H3,(H,22,23)/t14-/m1/s1. The molecular formula is C21H27NO5. The molecule has 0 fully saturated rings. The number of carbonyl (C=O) groups excluding carboxylic acids is 1. The molecule has 2 aromatic rings. The molecule has 6 nitrogen and oxygen atoms in total. The van der Waals surface area contributed by atoms with Crippen LogP contribution in [0.3, 0.4) is 0 Å². The fraction of sp³-hybridized carbons (Fsp3) is 0.381. The van der Waals surface area contributed by atoms with Crippen molar-refractivity contribution < 1.29 is 23.7 Å². The summed E-state index contributed by atoms with van der Waals surface area (Å²) in [7, 11) is 4.80. The Balaban J connectivity index is 2.21. The van der Waals surface area contributed by atoms with Crippen molar-refractivity contribution in [2.45, 2.75) is 26.5 Å². The Hall–Kier alpha value is -2.73. The van der Waals surface area contributed by atoms with Crippen LogP contribution in [-0.4, -0.2) is 33.8 Å². The number of hydrogen-bond acceptors (Lipinski definition) is 5. The molecule has 2 aromatic carbocycles. The van der Waals surface area contributed by atoms with Gasteiger partial charge >= 0.3 is 0 Å². The molecule has 0 bridgehead atoms. The average molecular weight is 373 g/mol. The van der Waals surface area contributed by atoms with E-state index in [0.717, 1.165) is 11.1 Å². The van der Waals surface area contributed by atoms with Crippen molar-refractivity contribution in [3.8, 4) is 17.2 Å². The Bertz CT molecular complexity index is 775. The second kappa shape index (κ2) is 9.83. The molecule has 0 aliphatic carbocycles. The van der Waals surface area contributed by atoms with Crippen LogP contribution in [-0.2, 0) is 11.3 Å². The van der Waals surface area contributed by atoms with Crippen LogP contribution >= 0.6 is 0 Å². The van der Waals surface area contributed by atoms with E-state index in [9.17, 15) is 4.79 Å². The maximum Gasteiger partial charge on any atom is 0.251 e. The summed E-state index contributed by atoms with van der Waals surface area (Å²) in [5.41, 5.74) is 2.21. The highest BCUT2D eigenvalue weighted by Crippen LogP contribution is 2.29. The number of carbonyl (C=O) groups is 1. The summed E-state index contributed by atoms with van der Waals surface area (Å²) in [6.07, 6.45) is 0. The monoisotopic (exact) mass is 373 g/mol. The molecule has 0 saturated carbocycles. The molecule has 0 spiro atoms. The third-order valence-electron chi connectivity index (χ3n) is 4.26. The normalized spacial score (nSPS) is 11.6. The highest BCUT2D eigenvalue weighted by Gasteiger charge is 2.17. The number of nitrogens with one attached hydrogen (secondary N) is 1. The largest absolute Gasteiger partial charge is 0.497 e. The van der Waals surface area contributed by atoms with Gasteiger partial charge in [0.15, 0.2) is 0 Å². The minimum absolute atomic E-state index is 0.187. The van der Waals surface area contributed by atoms with Crippen LogP contribution in [0, 0.1) is 0 Å². The third kappa shape index (κ3) is 5.14. The molecule has 1 atom stereocenters. The Labute approximate surface area is 160 Å². The molecular weight excluding hydrogens is 346 g/mol. The van der Waals surface area contributed by atoms with Crippen molar-refractivity contribution in [3.05, 3.63) is 53.1 Å². The van der Waals surface area contributed by atoms with E-state index in [1.807, 2.05) is 32.0 Å². The van der Waals surface area contributed by atoms with Gasteiger partial charge in [0.1, 0.15) is 17.2 Å². The van der Waals surface area contributed by atoms with E-state index in [1.165, 1.54) is 0 Å². The SMILES string of the molecule is CCOCc1cc(C(=O)N[C@H](C)c2cc(OC)ccc2OC)ccc1OC. The quantitative estimate of drug-likeness (QED) is 0.725. The van der Waals surface area contributed by atoms with Gasteiger partial charge in [0.2, 0.25) is 0 Å². The summed E-state index contributed by atoms with van der Waals surface area (Å²) in [6, 6.07) is 10.5. The number of amides is 1. The summed E-state index contributed by atoms with van der Waals surface area (Å²) in [6.45, 7) is 4.80. The van der Waals surface area contributed by atoms with Crippen molar-refractivity contribution in [3.63, 3.8) is 0 Å². The molecule has 0 aromatic heterocycles. The van der Waals surface area contributed by atoms with Gasteiger partial charge in [-0.3, -0.25) is 4.79 Å². The summed E-state index contributed by atoms with van der Waals surface area (Å²) in [4.78, 5) is 12.7. The van der Waals surface area contributed by atoms with Crippen molar-refractivity contribution in [1.29, 1.82) is 0 Å². The smallest absolute Gasteiger partial charge is 0.251 e. The molecule has 0 radical (unpaired) electrons. The number of rotatable bonds is 9. The van der Waals surface area contributed by atoms with Gasteiger partial charge in [-0.1, -0.05) is 0 Å². The maximum atomic E-state index is 12.7. The van der Waals surface area contributed by atoms with Crippen LogP contribution in [0.15, 0.2) is 36.4 Å². The zero-order valence-corrected chi connectivity index (χ0v) is 16.5. The Morgan fingerprint density at radius 1 is 1.00 bits per heavy atom. The van der Waals surface area contributed by atoms with E-state index in [2.05, 4.69) is 5.32 Å². The molecule has 6 heteroatoms. The van der Waals surface area contributed by atoms with Gasteiger partial charge in [-0.2, -0.15) is 0 Å². The molecule has 146 valence electrons. The minimum Gasteiger partial charge on any atom is -0.497 e. The molecule has 0 aliphatic heterocycles. The van der Waals surface area contributed by atoms with Gasteiger partial charge in [0, 0.05) is 23.3 Å². The van der Waals surface area contributed by atoms with E-state index in [4.69, 9.17) is 18.9 Å². The fourth-order valence-electron chi connectivity index (χ4n) is 2.78. The highest BCUT2D eigenvalue weighted by atomic mass is 16.5. The zero-order valence-electron chi connectivity index (χ0n) is 16.5. The topological polar surface area (TPSA) is 66.0 Å². The first-order valence-electron chi connectivity index (χ1n) is 8.81. The van der Waals surface area contributed by atoms with Gasteiger partial charge in [-0.05, 0) is 50.2 Å². The molecule has 1 N–H and O–H groups in total. The predicted octanol–water partition coefficient (Wildman–Crippen LogP) is 3.74. The predicted molar refractivity (Wildman–Crippen MR) is 104 cm³/mol. The summed E-state index contributed by atoms with van der Waals surface area (Å²) < 4.78 is 21.5. The lowest BCUT2D eigenvalue weighted by atomic mass is 10.0. The summed E-state index contributed by atoms with van der Waals surface area (Å²) in [5.74, 6) is 1.90. The number of methoxy groups -OCH3 is 3. The Morgan fingerprint density at radius 2 is 1.70 bits per heavy atom. The van der Waals surface area contributed by atoms with Gasteiger partial charge in [-0.25, -0.2) is 0 Å². The van der Waals surface area contributed by atoms with E-state index in [-0.39, 0.29) is 11.9 Å². The number of hydrogen-bond donors (Lipinski definition) is 1. The molecule has 0 saturated heterocycles. The Kier molecular flexibility index (Phi) is 7.49. The number of benzene rings is 2. The lowest BCUT2D eigenvalue weighted by Gasteiger charge is -2.19. The van der Waals surface area contributed by atoms with E-state index in [1.54, 1.807) is 39.5 Å². The van der Waals surface area contributed by atoms with Crippen LogP contribution in [0.1, 0.15) is 41.4 Å². The van der Waals surface area contributed by atoms with Crippen LogP contribution in [0.4, 0.5) is 0 Å². The fourth-order valence-corrected chi connectivity index (χ4v) is 2.78. The van der Waals surface area contributed by atoms with E-state index < -0.39 is 0 Å². The van der Waals surface area contributed by atoms with E-state index in [0.29, 0.717) is 36.0 Å². The van der Waals surface area contributed by atoms with Crippen molar-refractivity contribution in [2.24, 2.45) is 0 Å². The first-order chi connectivity index (χ1) is 13.0. The second-order valence-corrected chi connectivity index (χ2v) is 5.97. The second-order valence-electron chi connectivity index (χ2n) is 5.97. The van der Waals surface area contributed by atoms with Gasteiger partial charge in [0.25, 0.3) is 5.91 Å². The summed E-state index contributed by atoms with van der Waals surface area (Å²) >= 11 is 0. The van der Waals surface area contributed by atoms with Gasteiger partial charge in [-0.15, -0.1) is 0 Å². The molecule has 1 amide bonds. The number of ether oxygens (including phenoxy) is 4. The van der Waals surface area contributed by atoms with Gasteiger partial charge in [0.05, 0.1) is 34.0 Å². The van der Waals surface area contributed by atoms with Crippen molar-refractivity contribution in [1.82, 2.24) is 5.32 Å².